The highest BCUT2D eigenvalue weighted by Gasteiger charge is 2.25. The molecule has 2 amide bonds. The number of nitro benzene ring substituents is 1. The van der Waals surface area contributed by atoms with Crippen LogP contribution in [0, 0.1) is 10.1 Å². The summed E-state index contributed by atoms with van der Waals surface area (Å²) >= 11 is 1.41. The van der Waals surface area contributed by atoms with Crippen LogP contribution in [0.5, 0.6) is 5.75 Å². The molecule has 1 saturated heterocycles. The number of nitrogens with zero attached hydrogens (tertiary/aromatic N) is 3. The molecule has 0 radical (unpaired) electrons. The van der Waals surface area contributed by atoms with Crippen LogP contribution in [0.25, 0.3) is 0 Å². The summed E-state index contributed by atoms with van der Waals surface area (Å²) < 4.78 is 5.01. The summed E-state index contributed by atoms with van der Waals surface area (Å²) in [6.07, 6.45) is 0. The van der Waals surface area contributed by atoms with Gasteiger partial charge in [0.05, 0.1) is 17.8 Å². The van der Waals surface area contributed by atoms with Crippen molar-refractivity contribution in [2.45, 2.75) is 25.5 Å². The highest BCUT2D eigenvalue weighted by atomic mass is 32.2. The summed E-state index contributed by atoms with van der Waals surface area (Å²) in [6, 6.07) is 12.5. The average Bonchev–Trinajstić information content (AvgIpc) is 2.83. The van der Waals surface area contributed by atoms with Crippen LogP contribution < -0.4 is 4.74 Å². The molecule has 0 bridgehead atoms. The second-order valence-electron chi connectivity index (χ2n) is 8.21. The van der Waals surface area contributed by atoms with Gasteiger partial charge in [-0.15, -0.1) is 11.8 Å². The summed E-state index contributed by atoms with van der Waals surface area (Å²) in [4.78, 5) is 39.6. The first kappa shape index (κ1) is 24.6. The van der Waals surface area contributed by atoms with Crippen molar-refractivity contribution in [3.63, 3.8) is 0 Å². The Balaban J connectivity index is 1.46. The van der Waals surface area contributed by atoms with Crippen LogP contribution in [0.2, 0.25) is 0 Å². The molecule has 0 aliphatic carbocycles. The standard InChI is InChI=1S/C24H29N3O5S/c1-17(2)19-5-7-20(8-6-19)24(29)26-12-10-25(11-13-26)23(28)16-33-15-18-4-9-22(32-3)21(14-18)27(30)31/h4-9,14,17H,10-13,15-16H2,1-3H3. The number of methoxy groups -OCH3 is 1. The molecule has 0 saturated carbocycles. The van der Waals surface area contributed by atoms with E-state index < -0.39 is 4.92 Å². The fourth-order valence-electron chi connectivity index (χ4n) is 3.67. The largest absolute Gasteiger partial charge is 0.490 e. The van der Waals surface area contributed by atoms with Crippen molar-refractivity contribution in [3.8, 4) is 5.75 Å². The number of carbonyl (C=O) groups is 2. The smallest absolute Gasteiger partial charge is 0.311 e. The number of carbonyl (C=O) groups excluding carboxylic acids is 2. The number of ether oxygens (including phenoxy) is 1. The Labute approximate surface area is 198 Å². The zero-order chi connectivity index (χ0) is 24.0. The van der Waals surface area contributed by atoms with E-state index in [1.807, 2.05) is 24.3 Å². The van der Waals surface area contributed by atoms with Gasteiger partial charge in [-0.2, -0.15) is 0 Å². The van der Waals surface area contributed by atoms with Crippen LogP contribution in [0.1, 0.15) is 41.3 Å². The van der Waals surface area contributed by atoms with E-state index in [0.717, 1.165) is 5.56 Å². The maximum atomic E-state index is 12.8. The van der Waals surface area contributed by atoms with Gasteiger partial charge in [0.1, 0.15) is 0 Å². The van der Waals surface area contributed by atoms with Gasteiger partial charge in [0.25, 0.3) is 5.91 Å². The lowest BCUT2D eigenvalue weighted by molar-refractivity contribution is -0.385. The molecule has 0 spiro atoms. The number of hydrogen-bond acceptors (Lipinski definition) is 6. The lowest BCUT2D eigenvalue weighted by atomic mass is 10.0. The molecule has 3 rings (SSSR count). The molecule has 0 atom stereocenters. The van der Waals surface area contributed by atoms with Gasteiger partial charge >= 0.3 is 5.69 Å². The maximum Gasteiger partial charge on any atom is 0.311 e. The van der Waals surface area contributed by atoms with E-state index in [4.69, 9.17) is 4.74 Å². The fraction of sp³-hybridized carbons (Fsp3) is 0.417. The second kappa shape index (κ2) is 11.2. The van der Waals surface area contributed by atoms with Crippen molar-refractivity contribution in [3.05, 3.63) is 69.3 Å². The first-order valence-corrected chi connectivity index (χ1v) is 12.0. The van der Waals surface area contributed by atoms with Gasteiger partial charge in [0, 0.05) is 43.6 Å². The van der Waals surface area contributed by atoms with Gasteiger partial charge in [-0.05, 0) is 35.2 Å². The van der Waals surface area contributed by atoms with E-state index in [2.05, 4.69) is 13.8 Å². The topological polar surface area (TPSA) is 93.0 Å². The van der Waals surface area contributed by atoms with E-state index in [0.29, 0.717) is 43.4 Å². The number of thioether (sulfide) groups is 1. The Kier molecular flexibility index (Phi) is 8.32. The Morgan fingerprint density at radius 3 is 2.27 bits per heavy atom. The Hall–Kier alpha value is -3.07. The van der Waals surface area contributed by atoms with E-state index in [1.54, 1.807) is 21.9 Å². The second-order valence-corrected chi connectivity index (χ2v) is 9.19. The normalized spacial score (nSPS) is 13.8. The Morgan fingerprint density at radius 1 is 1.06 bits per heavy atom. The summed E-state index contributed by atoms with van der Waals surface area (Å²) in [5, 5.41) is 11.2. The molecule has 2 aromatic carbocycles. The number of piperazine rings is 1. The van der Waals surface area contributed by atoms with Crippen molar-refractivity contribution in [2.24, 2.45) is 0 Å². The van der Waals surface area contributed by atoms with Crippen LogP contribution in [0.15, 0.2) is 42.5 Å². The van der Waals surface area contributed by atoms with Gasteiger partial charge in [0.2, 0.25) is 5.91 Å². The third-order valence-electron chi connectivity index (χ3n) is 5.68. The fourth-order valence-corrected chi connectivity index (χ4v) is 4.54. The van der Waals surface area contributed by atoms with Crippen LogP contribution in [-0.2, 0) is 10.5 Å². The minimum Gasteiger partial charge on any atom is -0.490 e. The van der Waals surface area contributed by atoms with Gasteiger partial charge in [-0.25, -0.2) is 0 Å². The molecule has 2 aromatic rings. The molecule has 0 N–H and O–H groups in total. The van der Waals surface area contributed by atoms with Crippen LogP contribution >= 0.6 is 11.8 Å². The number of nitro groups is 1. The molecule has 176 valence electrons. The summed E-state index contributed by atoms with van der Waals surface area (Å²) in [6.45, 7) is 6.25. The minimum atomic E-state index is -0.475. The predicted molar refractivity (Wildman–Crippen MR) is 129 cm³/mol. The van der Waals surface area contributed by atoms with Gasteiger partial charge in [-0.3, -0.25) is 19.7 Å². The van der Waals surface area contributed by atoms with Crippen molar-refractivity contribution < 1.29 is 19.2 Å². The molecule has 1 aliphatic rings. The third-order valence-corrected chi connectivity index (χ3v) is 6.67. The van der Waals surface area contributed by atoms with E-state index in [9.17, 15) is 19.7 Å². The highest BCUT2D eigenvalue weighted by Crippen LogP contribution is 2.29. The molecule has 1 heterocycles. The van der Waals surface area contributed by atoms with Crippen molar-refractivity contribution in [2.75, 3.05) is 39.0 Å². The molecule has 0 aromatic heterocycles. The number of amides is 2. The molecule has 33 heavy (non-hydrogen) atoms. The van der Waals surface area contributed by atoms with Crippen molar-refractivity contribution in [1.29, 1.82) is 0 Å². The summed E-state index contributed by atoms with van der Waals surface area (Å²) in [5.74, 6) is 1.41. The van der Waals surface area contributed by atoms with E-state index in [1.165, 1.54) is 30.5 Å². The van der Waals surface area contributed by atoms with Gasteiger partial charge < -0.3 is 14.5 Å². The Bertz CT molecular complexity index is 1000. The van der Waals surface area contributed by atoms with Crippen molar-refractivity contribution >= 4 is 29.3 Å². The first-order chi connectivity index (χ1) is 15.8. The van der Waals surface area contributed by atoms with Crippen LogP contribution in [0.4, 0.5) is 5.69 Å². The molecule has 1 aliphatic heterocycles. The van der Waals surface area contributed by atoms with Crippen LogP contribution in [0.3, 0.4) is 0 Å². The molecular weight excluding hydrogens is 442 g/mol. The van der Waals surface area contributed by atoms with E-state index >= 15 is 0 Å². The first-order valence-electron chi connectivity index (χ1n) is 10.9. The molecule has 1 fully saturated rings. The molecule has 0 unspecified atom stereocenters. The molecule has 8 nitrogen and oxygen atoms in total. The molecular formula is C24H29N3O5S. The van der Waals surface area contributed by atoms with Gasteiger partial charge in [-0.1, -0.05) is 32.0 Å². The SMILES string of the molecule is COc1ccc(CSCC(=O)N2CCN(C(=O)c3ccc(C(C)C)cc3)CC2)cc1[N+](=O)[O-]. The lowest BCUT2D eigenvalue weighted by Crippen LogP contribution is -2.51. The summed E-state index contributed by atoms with van der Waals surface area (Å²) in [5.41, 5.74) is 2.55. The molecule has 9 heteroatoms. The van der Waals surface area contributed by atoms with Gasteiger partial charge in [0.15, 0.2) is 5.75 Å². The minimum absolute atomic E-state index is 0.00659. The zero-order valence-electron chi connectivity index (χ0n) is 19.2. The average molecular weight is 472 g/mol. The Morgan fingerprint density at radius 2 is 1.70 bits per heavy atom. The van der Waals surface area contributed by atoms with Crippen molar-refractivity contribution in [1.82, 2.24) is 9.80 Å². The third kappa shape index (κ3) is 6.25. The number of benzene rings is 2. The lowest BCUT2D eigenvalue weighted by Gasteiger charge is -2.34. The highest BCUT2D eigenvalue weighted by molar-refractivity contribution is 7.99. The number of hydrogen-bond donors (Lipinski definition) is 0. The monoisotopic (exact) mass is 471 g/mol. The quantitative estimate of drug-likeness (QED) is 0.428. The summed E-state index contributed by atoms with van der Waals surface area (Å²) in [7, 11) is 1.39. The zero-order valence-corrected chi connectivity index (χ0v) is 20.0. The predicted octanol–water partition coefficient (Wildman–Crippen LogP) is 3.94. The van der Waals surface area contributed by atoms with Crippen LogP contribution in [-0.4, -0.2) is 65.6 Å². The van der Waals surface area contributed by atoms with E-state index in [-0.39, 0.29) is 29.0 Å². The maximum absolute atomic E-state index is 12.8. The number of rotatable bonds is 8.